The van der Waals surface area contributed by atoms with Crippen LogP contribution in [0.5, 0.6) is 5.75 Å². The van der Waals surface area contributed by atoms with Crippen LogP contribution in [0.1, 0.15) is 38.2 Å². The van der Waals surface area contributed by atoms with Crippen molar-refractivity contribution in [2.45, 2.75) is 51.2 Å². The van der Waals surface area contributed by atoms with Crippen LogP contribution in [0.3, 0.4) is 0 Å². The van der Waals surface area contributed by atoms with Crippen molar-refractivity contribution < 1.29 is 9.53 Å². The standard InChI is InChI=1S/C24H33N3O2.ClH/c1-17(28)27(3)23-12-5-18(6-13-23)19-7-14-24(29-4)20(15-19)16-26-22-10-8-21(25-2)9-11-22;/h5-7,12-15,21-22,25-26H,8-11,16H2,1-4H3;1H. The molecule has 0 unspecified atom stereocenters. The van der Waals surface area contributed by atoms with E-state index in [4.69, 9.17) is 4.74 Å². The summed E-state index contributed by atoms with van der Waals surface area (Å²) in [5.74, 6) is 0.942. The van der Waals surface area contributed by atoms with E-state index in [1.165, 1.54) is 31.2 Å². The van der Waals surface area contributed by atoms with E-state index in [1.807, 2.05) is 18.2 Å². The lowest BCUT2D eigenvalue weighted by molar-refractivity contribution is -0.116. The van der Waals surface area contributed by atoms with Crippen molar-refractivity contribution in [3.8, 4) is 16.9 Å². The summed E-state index contributed by atoms with van der Waals surface area (Å²) < 4.78 is 5.59. The minimum atomic E-state index is 0. The summed E-state index contributed by atoms with van der Waals surface area (Å²) >= 11 is 0. The SMILES string of the molecule is CNC1CCC(NCc2cc(-c3ccc(N(C)C(C)=O)cc3)ccc2OC)CC1.Cl. The second-order valence-corrected chi connectivity index (χ2v) is 7.87. The first-order valence-corrected chi connectivity index (χ1v) is 10.4. The van der Waals surface area contributed by atoms with E-state index in [1.54, 1.807) is 26.0 Å². The number of nitrogens with one attached hydrogen (secondary N) is 2. The molecule has 5 nitrogen and oxygen atoms in total. The second kappa shape index (κ2) is 11.3. The summed E-state index contributed by atoms with van der Waals surface area (Å²) in [5, 5.41) is 7.11. The van der Waals surface area contributed by atoms with Crippen LogP contribution in [0, 0.1) is 0 Å². The highest BCUT2D eigenvalue weighted by Crippen LogP contribution is 2.29. The van der Waals surface area contributed by atoms with Crippen LogP contribution in [0.15, 0.2) is 42.5 Å². The molecule has 164 valence electrons. The molecule has 2 N–H and O–H groups in total. The first-order valence-electron chi connectivity index (χ1n) is 10.4. The van der Waals surface area contributed by atoms with E-state index in [2.05, 4.69) is 41.9 Å². The average molecular weight is 432 g/mol. The summed E-state index contributed by atoms with van der Waals surface area (Å²) in [4.78, 5) is 13.2. The van der Waals surface area contributed by atoms with Crippen LogP contribution in [-0.4, -0.2) is 39.2 Å². The average Bonchev–Trinajstić information content (AvgIpc) is 2.77. The Balaban J connectivity index is 0.00000320. The summed E-state index contributed by atoms with van der Waals surface area (Å²) in [6, 6.07) is 15.7. The number of methoxy groups -OCH3 is 1. The Morgan fingerprint density at radius 3 is 2.20 bits per heavy atom. The summed E-state index contributed by atoms with van der Waals surface area (Å²) in [5.41, 5.74) is 4.35. The van der Waals surface area contributed by atoms with Crippen molar-refractivity contribution in [2.24, 2.45) is 0 Å². The lowest BCUT2D eigenvalue weighted by atomic mass is 9.91. The van der Waals surface area contributed by atoms with Gasteiger partial charge in [-0.3, -0.25) is 4.79 Å². The number of amides is 1. The van der Waals surface area contributed by atoms with Crippen molar-refractivity contribution in [3.05, 3.63) is 48.0 Å². The third-order valence-corrected chi connectivity index (χ3v) is 6.06. The molecule has 2 aromatic rings. The van der Waals surface area contributed by atoms with Gasteiger partial charge in [0.05, 0.1) is 7.11 Å². The van der Waals surface area contributed by atoms with Gasteiger partial charge in [0.25, 0.3) is 0 Å². The summed E-state index contributed by atoms with van der Waals surface area (Å²) in [6.45, 7) is 2.37. The smallest absolute Gasteiger partial charge is 0.223 e. The maximum absolute atomic E-state index is 11.6. The van der Waals surface area contributed by atoms with Crippen molar-refractivity contribution in [1.82, 2.24) is 10.6 Å². The van der Waals surface area contributed by atoms with Gasteiger partial charge in [-0.05, 0) is 68.1 Å². The lowest BCUT2D eigenvalue weighted by Crippen LogP contribution is -2.38. The van der Waals surface area contributed by atoms with Gasteiger partial charge in [0, 0.05) is 43.9 Å². The Morgan fingerprint density at radius 2 is 1.63 bits per heavy atom. The number of halogens is 1. The van der Waals surface area contributed by atoms with E-state index >= 15 is 0 Å². The van der Waals surface area contributed by atoms with E-state index in [9.17, 15) is 4.79 Å². The van der Waals surface area contributed by atoms with Gasteiger partial charge in [0.2, 0.25) is 5.91 Å². The summed E-state index contributed by atoms with van der Waals surface area (Å²) in [7, 11) is 5.57. The number of ether oxygens (including phenoxy) is 1. The molecule has 1 aliphatic rings. The fourth-order valence-corrected chi connectivity index (χ4v) is 4.00. The maximum atomic E-state index is 11.6. The fraction of sp³-hybridized carbons (Fsp3) is 0.458. The molecule has 0 aliphatic heterocycles. The quantitative estimate of drug-likeness (QED) is 0.682. The first kappa shape index (κ1) is 24.2. The first-order chi connectivity index (χ1) is 14.0. The number of anilines is 1. The van der Waals surface area contributed by atoms with Crippen molar-refractivity contribution in [1.29, 1.82) is 0 Å². The maximum Gasteiger partial charge on any atom is 0.223 e. The third-order valence-electron chi connectivity index (χ3n) is 6.06. The molecule has 0 spiro atoms. The van der Waals surface area contributed by atoms with E-state index in [-0.39, 0.29) is 18.3 Å². The van der Waals surface area contributed by atoms with Crippen molar-refractivity contribution >= 4 is 24.0 Å². The van der Waals surface area contributed by atoms with Gasteiger partial charge in [0.1, 0.15) is 5.75 Å². The molecule has 1 saturated carbocycles. The third kappa shape index (κ3) is 5.97. The molecule has 0 aromatic heterocycles. The van der Waals surface area contributed by atoms with Gasteiger partial charge in [0.15, 0.2) is 0 Å². The van der Waals surface area contributed by atoms with Gasteiger partial charge >= 0.3 is 0 Å². The lowest BCUT2D eigenvalue weighted by Gasteiger charge is -2.29. The molecule has 0 radical (unpaired) electrons. The van der Waals surface area contributed by atoms with Crippen molar-refractivity contribution in [3.63, 3.8) is 0 Å². The Bertz CT molecular complexity index is 818. The number of carbonyl (C=O) groups is 1. The predicted molar refractivity (Wildman–Crippen MR) is 127 cm³/mol. The highest BCUT2D eigenvalue weighted by molar-refractivity contribution is 5.91. The van der Waals surface area contributed by atoms with E-state index in [0.29, 0.717) is 12.1 Å². The molecule has 0 heterocycles. The Kier molecular flexibility index (Phi) is 9.15. The fourth-order valence-electron chi connectivity index (χ4n) is 4.00. The molecular formula is C24H34ClN3O2. The normalized spacial score (nSPS) is 18.4. The highest BCUT2D eigenvalue weighted by atomic mass is 35.5. The molecule has 0 bridgehead atoms. The zero-order chi connectivity index (χ0) is 20.8. The minimum absolute atomic E-state index is 0. The van der Waals surface area contributed by atoms with Gasteiger partial charge in [-0.1, -0.05) is 18.2 Å². The van der Waals surface area contributed by atoms with Gasteiger partial charge < -0.3 is 20.3 Å². The summed E-state index contributed by atoms with van der Waals surface area (Å²) in [6.07, 6.45) is 4.87. The van der Waals surface area contributed by atoms with Crippen LogP contribution in [0.25, 0.3) is 11.1 Å². The highest BCUT2D eigenvalue weighted by Gasteiger charge is 2.19. The van der Waals surface area contributed by atoms with Gasteiger partial charge in [-0.25, -0.2) is 0 Å². The predicted octanol–water partition coefficient (Wildman–Crippen LogP) is 4.39. The van der Waals surface area contributed by atoms with E-state index in [0.717, 1.165) is 29.1 Å². The molecule has 2 aromatic carbocycles. The number of carbonyl (C=O) groups excluding carboxylic acids is 1. The second-order valence-electron chi connectivity index (χ2n) is 7.87. The number of rotatable bonds is 7. The Labute approximate surface area is 186 Å². The topological polar surface area (TPSA) is 53.6 Å². The van der Waals surface area contributed by atoms with Gasteiger partial charge in [-0.15, -0.1) is 12.4 Å². The molecule has 0 atom stereocenters. The number of hydrogen-bond acceptors (Lipinski definition) is 4. The molecule has 1 amide bonds. The molecule has 30 heavy (non-hydrogen) atoms. The Morgan fingerprint density at radius 1 is 1.03 bits per heavy atom. The zero-order valence-corrected chi connectivity index (χ0v) is 19.2. The molecule has 1 fully saturated rings. The van der Waals surface area contributed by atoms with Crippen molar-refractivity contribution in [2.75, 3.05) is 26.1 Å². The van der Waals surface area contributed by atoms with Crippen LogP contribution in [0.4, 0.5) is 5.69 Å². The molecule has 6 heteroatoms. The van der Waals surface area contributed by atoms with Crippen LogP contribution < -0.4 is 20.3 Å². The largest absolute Gasteiger partial charge is 0.496 e. The molecule has 0 saturated heterocycles. The molecular weight excluding hydrogens is 398 g/mol. The zero-order valence-electron chi connectivity index (χ0n) is 18.4. The number of benzene rings is 2. The number of nitrogens with zero attached hydrogens (tertiary/aromatic N) is 1. The van der Waals surface area contributed by atoms with E-state index < -0.39 is 0 Å². The van der Waals surface area contributed by atoms with Crippen LogP contribution in [-0.2, 0) is 11.3 Å². The van der Waals surface area contributed by atoms with Crippen LogP contribution >= 0.6 is 12.4 Å². The molecule has 3 rings (SSSR count). The van der Waals surface area contributed by atoms with Crippen LogP contribution in [0.2, 0.25) is 0 Å². The van der Waals surface area contributed by atoms with Gasteiger partial charge in [-0.2, -0.15) is 0 Å². The monoisotopic (exact) mass is 431 g/mol. The number of hydrogen-bond donors (Lipinski definition) is 2. The Hall–Kier alpha value is -2.08. The minimum Gasteiger partial charge on any atom is -0.496 e. The molecule has 1 aliphatic carbocycles.